The third-order valence-corrected chi connectivity index (χ3v) is 3.59. The normalized spacial score (nSPS) is 10.9. The first-order valence-corrected chi connectivity index (χ1v) is 8.26. The third-order valence-electron chi connectivity index (χ3n) is 3.59. The number of rotatable bonds is 4. The molecule has 2 aromatic rings. The molecule has 0 aromatic heterocycles. The van der Waals surface area contributed by atoms with Crippen molar-refractivity contribution in [1.82, 2.24) is 10.6 Å². The van der Waals surface area contributed by atoms with Crippen molar-refractivity contribution in [3.8, 4) is 0 Å². The van der Waals surface area contributed by atoms with Gasteiger partial charge in [0.25, 0.3) is 5.91 Å². The molecule has 0 aliphatic rings. The Labute approximate surface area is 148 Å². The highest BCUT2D eigenvalue weighted by Gasteiger charge is 2.15. The van der Waals surface area contributed by atoms with Crippen molar-refractivity contribution >= 4 is 17.6 Å². The highest BCUT2D eigenvalue weighted by molar-refractivity contribution is 5.95. The molecule has 0 bridgehead atoms. The van der Waals surface area contributed by atoms with Gasteiger partial charge in [0.2, 0.25) is 0 Å². The summed E-state index contributed by atoms with van der Waals surface area (Å²) in [6, 6.07) is 14.4. The summed E-state index contributed by atoms with van der Waals surface area (Å²) in [7, 11) is 0. The molecule has 0 aliphatic carbocycles. The number of hydrogen-bond acceptors (Lipinski definition) is 2. The molecule has 25 heavy (non-hydrogen) atoms. The van der Waals surface area contributed by atoms with Crippen LogP contribution in [0.15, 0.2) is 48.5 Å². The minimum Gasteiger partial charge on any atom is -0.347 e. The molecule has 0 aliphatic heterocycles. The molecule has 2 aromatic carbocycles. The molecule has 0 spiro atoms. The van der Waals surface area contributed by atoms with Crippen molar-refractivity contribution in [1.29, 1.82) is 0 Å². The van der Waals surface area contributed by atoms with Crippen LogP contribution in [0.1, 0.15) is 42.3 Å². The average molecular weight is 339 g/mol. The van der Waals surface area contributed by atoms with E-state index in [0.717, 1.165) is 11.1 Å². The second-order valence-corrected chi connectivity index (χ2v) is 7.02. The van der Waals surface area contributed by atoms with E-state index in [1.165, 1.54) is 0 Å². The van der Waals surface area contributed by atoms with Crippen molar-refractivity contribution in [2.45, 2.75) is 39.8 Å². The lowest BCUT2D eigenvalue weighted by Crippen LogP contribution is -2.40. The second kappa shape index (κ2) is 7.83. The zero-order chi connectivity index (χ0) is 18.4. The molecule has 132 valence electrons. The first-order chi connectivity index (χ1) is 11.7. The Balaban J connectivity index is 1.89. The van der Waals surface area contributed by atoms with Gasteiger partial charge in [0.1, 0.15) is 0 Å². The lowest BCUT2D eigenvalue weighted by atomic mass is 10.1. The van der Waals surface area contributed by atoms with E-state index >= 15 is 0 Å². The van der Waals surface area contributed by atoms with Crippen LogP contribution < -0.4 is 16.0 Å². The summed E-state index contributed by atoms with van der Waals surface area (Å²) in [6.07, 6.45) is 0. The van der Waals surface area contributed by atoms with E-state index in [1.807, 2.05) is 52.0 Å². The van der Waals surface area contributed by atoms with Gasteiger partial charge in [0, 0.05) is 23.3 Å². The molecule has 5 heteroatoms. The van der Waals surface area contributed by atoms with Crippen LogP contribution in [0.4, 0.5) is 10.5 Å². The topological polar surface area (TPSA) is 70.2 Å². The molecular weight excluding hydrogens is 314 g/mol. The number of urea groups is 1. The molecule has 0 fully saturated rings. The molecule has 0 atom stereocenters. The Hall–Kier alpha value is -2.82. The summed E-state index contributed by atoms with van der Waals surface area (Å²) in [5.74, 6) is -0.136. The average Bonchev–Trinajstić information content (AvgIpc) is 2.53. The molecule has 0 radical (unpaired) electrons. The largest absolute Gasteiger partial charge is 0.347 e. The fourth-order valence-corrected chi connectivity index (χ4v) is 2.28. The number of carbonyl (C=O) groups excluding carboxylic acids is 2. The molecule has 3 amide bonds. The van der Waals surface area contributed by atoms with Gasteiger partial charge >= 0.3 is 6.03 Å². The first-order valence-electron chi connectivity index (χ1n) is 8.26. The van der Waals surface area contributed by atoms with E-state index in [0.29, 0.717) is 17.8 Å². The second-order valence-electron chi connectivity index (χ2n) is 7.02. The lowest BCUT2D eigenvalue weighted by Gasteiger charge is -2.20. The molecule has 2 rings (SSSR count). The van der Waals surface area contributed by atoms with Gasteiger partial charge in [0.05, 0.1) is 0 Å². The summed E-state index contributed by atoms with van der Waals surface area (Å²) in [4.78, 5) is 24.1. The highest BCUT2D eigenvalue weighted by Crippen LogP contribution is 2.11. The van der Waals surface area contributed by atoms with Crippen LogP contribution >= 0.6 is 0 Å². The predicted molar refractivity (Wildman–Crippen MR) is 101 cm³/mol. The Morgan fingerprint density at radius 2 is 1.60 bits per heavy atom. The van der Waals surface area contributed by atoms with Crippen molar-refractivity contribution in [2.24, 2.45) is 0 Å². The highest BCUT2D eigenvalue weighted by atomic mass is 16.2. The van der Waals surface area contributed by atoms with Crippen LogP contribution in [-0.2, 0) is 6.54 Å². The van der Waals surface area contributed by atoms with Crippen LogP contribution in [-0.4, -0.2) is 17.5 Å². The SMILES string of the molecule is Cc1ccccc1CNC(=O)Nc1ccc(C(=O)NC(C)(C)C)cc1. The number of carbonyl (C=O) groups is 2. The van der Waals surface area contributed by atoms with Crippen molar-refractivity contribution in [2.75, 3.05) is 5.32 Å². The van der Waals surface area contributed by atoms with Gasteiger partial charge in [-0.3, -0.25) is 4.79 Å². The van der Waals surface area contributed by atoms with E-state index in [9.17, 15) is 9.59 Å². The number of amides is 3. The summed E-state index contributed by atoms with van der Waals surface area (Å²) in [6.45, 7) is 8.26. The minimum absolute atomic E-state index is 0.136. The number of aryl methyl sites for hydroxylation is 1. The predicted octanol–water partition coefficient (Wildman–Crippen LogP) is 3.85. The summed E-state index contributed by atoms with van der Waals surface area (Å²) >= 11 is 0. The minimum atomic E-state index is -0.288. The molecule has 3 N–H and O–H groups in total. The summed E-state index contributed by atoms with van der Waals surface area (Å²) < 4.78 is 0. The fraction of sp³-hybridized carbons (Fsp3) is 0.300. The maximum Gasteiger partial charge on any atom is 0.319 e. The van der Waals surface area contributed by atoms with Gasteiger partial charge in [-0.25, -0.2) is 4.79 Å². The standard InChI is InChI=1S/C20H25N3O2/c1-14-7-5-6-8-16(14)13-21-19(25)22-17-11-9-15(10-12-17)18(24)23-20(2,3)4/h5-12H,13H2,1-4H3,(H,23,24)(H2,21,22,25). The Morgan fingerprint density at radius 3 is 2.20 bits per heavy atom. The molecule has 0 saturated carbocycles. The Kier molecular flexibility index (Phi) is 5.80. The van der Waals surface area contributed by atoms with Gasteiger partial charge < -0.3 is 16.0 Å². The van der Waals surface area contributed by atoms with Crippen LogP contribution in [0.3, 0.4) is 0 Å². The smallest absolute Gasteiger partial charge is 0.319 e. The lowest BCUT2D eigenvalue weighted by molar-refractivity contribution is 0.0919. The number of benzene rings is 2. The van der Waals surface area contributed by atoms with E-state index in [1.54, 1.807) is 24.3 Å². The zero-order valence-electron chi connectivity index (χ0n) is 15.1. The van der Waals surface area contributed by atoms with Crippen LogP contribution in [0.5, 0.6) is 0 Å². The van der Waals surface area contributed by atoms with E-state index in [-0.39, 0.29) is 17.5 Å². The van der Waals surface area contributed by atoms with E-state index < -0.39 is 0 Å². The zero-order valence-corrected chi connectivity index (χ0v) is 15.1. The van der Waals surface area contributed by atoms with Crippen molar-refractivity contribution < 1.29 is 9.59 Å². The Bertz CT molecular complexity index is 746. The van der Waals surface area contributed by atoms with Crippen molar-refractivity contribution in [3.63, 3.8) is 0 Å². The molecule has 0 saturated heterocycles. The van der Waals surface area contributed by atoms with Crippen LogP contribution in [0, 0.1) is 6.92 Å². The number of anilines is 1. The third kappa shape index (κ3) is 5.95. The van der Waals surface area contributed by atoms with Crippen LogP contribution in [0.25, 0.3) is 0 Å². The molecule has 5 nitrogen and oxygen atoms in total. The maximum absolute atomic E-state index is 12.1. The fourth-order valence-electron chi connectivity index (χ4n) is 2.28. The number of hydrogen-bond donors (Lipinski definition) is 3. The van der Waals surface area contributed by atoms with Gasteiger partial charge in [0.15, 0.2) is 0 Å². The van der Waals surface area contributed by atoms with Gasteiger partial charge in [-0.1, -0.05) is 24.3 Å². The first kappa shape index (κ1) is 18.5. The van der Waals surface area contributed by atoms with E-state index in [2.05, 4.69) is 16.0 Å². The summed E-state index contributed by atoms with van der Waals surface area (Å²) in [5, 5.41) is 8.49. The Morgan fingerprint density at radius 1 is 0.960 bits per heavy atom. The monoisotopic (exact) mass is 339 g/mol. The van der Waals surface area contributed by atoms with Gasteiger partial charge in [-0.05, 0) is 63.1 Å². The van der Waals surface area contributed by atoms with Crippen molar-refractivity contribution in [3.05, 3.63) is 65.2 Å². The molecule has 0 unspecified atom stereocenters. The maximum atomic E-state index is 12.1. The quantitative estimate of drug-likeness (QED) is 0.792. The van der Waals surface area contributed by atoms with Gasteiger partial charge in [-0.2, -0.15) is 0 Å². The van der Waals surface area contributed by atoms with E-state index in [4.69, 9.17) is 0 Å². The van der Waals surface area contributed by atoms with Gasteiger partial charge in [-0.15, -0.1) is 0 Å². The molecule has 0 heterocycles. The number of nitrogens with one attached hydrogen (secondary N) is 3. The summed E-state index contributed by atoms with van der Waals surface area (Å²) in [5.41, 5.74) is 3.11. The molecular formula is C20H25N3O2. The van der Waals surface area contributed by atoms with Crippen LogP contribution in [0.2, 0.25) is 0 Å².